The van der Waals surface area contributed by atoms with Gasteiger partial charge in [-0.3, -0.25) is 0 Å². The number of likely N-dealkylation sites (tertiary alicyclic amines) is 1. The number of rotatable bonds is 3. The SMILES string of the molecule is Cc1nc(N2CCC(N3CCCCC3)CC2)sc1CO. The molecule has 0 radical (unpaired) electrons. The molecular weight excluding hydrogens is 270 g/mol. The lowest BCUT2D eigenvalue weighted by atomic mass is 10.0. The Kier molecular flexibility index (Phi) is 4.58. The molecule has 0 unspecified atom stereocenters. The number of aliphatic hydroxyl groups is 1. The Labute approximate surface area is 125 Å². The molecule has 0 amide bonds. The molecule has 1 N–H and O–H groups in total. The smallest absolute Gasteiger partial charge is 0.185 e. The van der Waals surface area contributed by atoms with E-state index in [9.17, 15) is 5.11 Å². The number of thiazole rings is 1. The van der Waals surface area contributed by atoms with Crippen LogP contribution in [0.1, 0.15) is 42.7 Å². The monoisotopic (exact) mass is 295 g/mol. The van der Waals surface area contributed by atoms with Crippen LogP contribution in [0.3, 0.4) is 0 Å². The fourth-order valence-corrected chi connectivity index (χ4v) is 4.37. The van der Waals surface area contributed by atoms with Gasteiger partial charge in [-0.1, -0.05) is 17.8 Å². The van der Waals surface area contributed by atoms with Crippen molar-refractivity contribution in [3.8, 4) is 0 Å². The second-order valence-electron chi connectivity index (χ2n) is 5.98. The molecule has 2 fully saturated rings. The Morgan fingerprint density at radius 3 is 2.45 bits per heavy atom. The minimum atomic E-state index is 0.119. The van der Waals surface area contributed by atoms with Crippen LogP contribution in [-0.2, 0) is 6.61 Å². The molecule has 1 aromatic rings. The molecule has 3 heterocycles. The molecule has 0 atom stereocenters. The van der Waals surface area contributed by atoms with Crippen molar-refractivity contribution in [2.24, 2.45) is 0 Å². The predicted octanol–water partition coefficient (Wildman–Crippen LogP) is 2.40. The van der Waals surface area contributed by atoms with E-state index in [1.807, 2.05) is 6.92 Å². The van der Waals surface area contributed by atoms with Crippen molar-refractivity contribution in [2.45, 2.75) is 51.7 Å². The van der Waals surface area contributed by atoms with E-state index in [1.54, 1.807) is 11.3 Å². The average molecular weight is 295 g/mol. The number of hydrogen-bond donors (Lipinski definition) is 1. The highest BCUT2D eigenvalue weighted by Gasteiger charge is 2.26. The maximum absolute atomic E-state index is 9.29. The second-order valence-corrected chi connectivity index (χ2v) is 7.04. The van der Waals surface area contributed by atoms with Crippen molar-refractivity contribution in [2.75, 3.05) is 31.1 Å². The van der Waals surface area contributed by atoms with Crippen LogP contribution in [0.2, 0.25) is 0 Å². The van der Waals surface area contributed by atoms with Gasteiger partial charge < -0.3 is 14.9 Å². The van der Waals surface area contributed by atoms with E-state index in [1.165, 1.54) is 45.2 Å². The van der Waals surface area contributed by atoms with E-state index in [4.69, 9.17) is 0 Å². The number of aliphatic hydroxyl groups excluding tert-OH is 1. The number of anilines is 1. The Balaban J connectivity index is 1.57. The summed E-state index contributed by atoms with van der Waals surface area (Å²) in [6.07, 6.45) is 6.69. The zero-order chi connectivity index (χ0) is 13.9. The van der Waals surface area contributed by atoms with Gasteiger partial charge in [0.25, 0.3) is 0 Å². The van der Waals surface area contributed by atoms with E-state index in [0.717, 1.165) is 34.8 Å². The maximum Gasteiger partial charge on any atom is 0.185 e. The summed E-state index contributed by atoms with van der Waals surface area (Å²) in [5.74, 6) is 0. The summed E-state index contributed by atoms with van der Waals surface area (Å²) in [5.41, 5.74) is 0.991. The van der Waals surface area contributed by atoms with Gasteiger partial charge in [0.2, 0.25) is 0 Å². The van der Waals surface area contributed by atoms with E-state index in [-0.39, 0.29) is 6.61 Å². The molecule has 0 saturated carbocycles. The van der Waals surface area contributed by atoms with Crippen LogP contribution in [0.4, 0.5) is 5.13 Å². The summed E-state index contributed by atoms with van der Waals surface area (Å²) in [4.78, 5) is 10.7. The van der Waals surface area contributed by atoms with E-state index < -0.39 is 0 Å². The summed E-state index contributed by atoms with van der Waals surface area (Å²) in [6, 6.07) is 0.782. The first-order chi connectivity index (χ1) is 9.78. The van der Waals surface area contributed by atoms with E-state index in [2.05, 4.69) is 14.8 Å². The lowest BCUT2D eigenvalue weighted by Gasteiger charge is -2.40. The zero-order valence-electron chi connectivity index (χ0n) is 12.3. The molecule has 20 heavy (non-hydrogen) atoms. The van der Waals surface area contributed by atoms with Crippen molar-refractivity contribution >= 4 is 16.5 Å². The summed E-state index contributed by atoms with van der Waals surface area (Å²) in [6.45, 7) is 6.93. The van der Waals surface area contributed by atoms with Gasteiger partial charge in [-0.15, -0.1) is 0 Å². The topological polar surface area (TPSA) is 39.6 Å². The molecule has 3 rings (SSSR count). The van der Waals surface area contributed by atoms with E-state index in [0.29, 0.717) is 0 Å². The van der Waals surface area contributed by atoms with Gasteiger partial charge in [0.15, 0.2) is 5.13 Å². The van der Waals surface area contributed by atoms with Crippen molar-refractivity contribution in [1.82, 2.24) is 9.88 Å². The molecule has 0 aliphatic carbocycles. The van der Waals surface area contributed by atoms with Crippen molar-refractivity contribution in [3.05, 3.63) is 10.6 Å². The molecule has 2 aliphatic heterocycles. The molecule has 0 aromatic carbocycles. The van der Waals surface area contributed by atoms with Crippen molar-refractivity contribution in [1.29, 1.82) is 0 Å². The Bertz CT molecular complexity index is 434. The van der Waals surface area contributed by atoms with Gasteiger partial charge in [0.05, 0.1) is 17.2 Å². The van der Waals surface area contributed by atoms with Crippen LogP contribution in [0, 0.1) is 6.92 Å². The minimum absolute atomic E-state index is 0.119. The molecule has 4 nitrogen and oxygen atoms in total. The van der Waals surface area contributed by atoms with Gasteiger partial charge in [-0.25, -0.2) is 4.98 Å². The fraction of sp³-hybridized carbons (Fsp3) is 0.800. The van der Waals surface area contributed by atoms with Crippen LogP contribution in [0.15, 0.2) is 0 Å². The van der Waals surface area contributed by atoms with Gasteiger partial charge in [0, 0.05) is 19.1 Å². The van der Waals surface area contributed by atoms with Crippen LogP contribution in [0.5, 0.6) is 0 Å². The van der Waals surface area contributed by atoms with Gasteiger partial charge in [-0.2, -0.15) is 0 Å². The van der Waals surface area contributed by atoms with Gasteiger partial charge in [0.1, 0.15) is 0 Å². The summed E-state index contributed by atoms with van der Waals surface area (Å²) >= 11 is 1.65. The largest absolute Gasteiger partial charge is 0.391 e. The zero-order valence-corrected chi connectivity index (χ0v) is 13.2. The molecule has 1 aromatic heterocycles. The highest BCUT2D eigenvalue weighted by atomic mass is 32.1. The predicted molar refractivity (Wildman–Crippen MR) is 83.4 cm³/mol. The third-order valence-corrected chi connectivity index (χ3v) is 5.87. The summed E-state index contributed by atoms with van der Waals surface area (Å²) in [7, 11) is 0. The minimum Gasteiger partial charge on any atom is -0.391 e. The van der Waals surface area contributed by atoms with Crippen LogP contribution < -0.4 is 4.90 Å². The van der Waals surface area contributed by atoms with Crippen LogP contribution in [0.25, 0.3) is 0 Å². The highest BCUT2D eigenvalue weighted by molar-refractivity contribution is 7.15. The molecule has 0 spiro atoms. The lowest BCUT2D eigenvalue weighted by molar-refractivity contribution is 0.141. The number of hydrogen-bond acceptors (Lipinski definition) is 5. The number of aryl methyl sites for hydroxylation is 1. The molecule has 0 bridgehead atoms. The van der Waals surface area contributed by atoms with Crippen LogP contribution >= 0.6 is 11.3 Å². The Morgan fingerprint density at radius 1 is 1.15 bits per heavy atom. The Hall–Kier alpha value is -0.650. The van der Waals surface area contributed by atoms with Gasteiger partial charge >= 0.3 is 0 Å². The van der Waals surface area contributed by atoms with Crippen molar-refractivity contribution < 1.29 is 5.11 Å². The molecular formula is C15H25N3OS. The Morgan fingerprint density at radius 2 is 1.85 bits per heavy atom. The highest BCUT2D eigenvalue weighted by Crippen LogP contribution is 2.29. The molecule has 5 heteroatoms. The second kappa shape index (κ2) is 6.41. The number of nitrogens with zero attached hydrogens (tertiary/aromatic N) is 3. The van der Waals surface area contributed by atoms with Gasteiger partial charge in [-0.05, 0) is 45.7 Å². The molecule has 2 aliphatic rings. The third kappa shape index (κ3) is 3.00. The standard InChI is InChI=1S/C15H25N3OS/c1-12-14(11-19)20-15(16-12)18-9-5-13(6-10-18)17-7-3-2-4-8-17/h13,19H,2-11H2,1H3. The molecule has 2 saturated heterocycles. The number of aromatic nitrogens is 1. The third-order valence-electron chi connectivity index (χ3n) is 4.67. The van der Waals surface area contributed by atoms with E-state index >= 15 is 0 Å². The summed E-state index contributed by atoms with van der Waals surface area (Å²) in [5, 5.41) is 10.4. The quantitative estimate of drug-likeness (QED) is 0.929. The molecule has 112 valence electrons. The average Bonchev–Trinajstić information content (AvgIpc) is 2.89. The summed E-state index contributed by atoms with van der Waals surface area (Å²) < 4.78 is 0. The first kappa shape index (κ1) is 14.3. The number of piperidine rings is 2. The first-order valence-corrected chi connectivity index (χ1v) is 8.65. The van der Waals surface area contributed by atoms with Crippen molar-refractivity contribution in [3.63, 3.8) is 0 Å². The fourth-order valence-electron chi connectivity index (χ4n) is 3.40. The van der Waals surface area contributed by atoms with Crippen LogP contribution in [-0.4, -0.2) is 47.2 Å². The first-order valence-electron chi connectivity index (χ1n) is 7.84. The lowest BCUT2D eigenvalue weighted by Crippen LogP contribution is -2.46. The normalized spacial score (nSPS) is 22.4. The maximum atomic E-state index is 9.29.